The van der Waals surface area contributed by atoms with Crippen LogP contribution in [0.3, 0.4) is 0 Å². The van der Waals surface area contributed by atoms with Crippen molar-refractivity contribution >= 4 is 56.9 Å². The summed E-state index contributed by atoms with van der Waals surface area (Å²) in [5.41, 5.74) is 4.41. The fourth-order valence-electron chi connectivity index (χ4n) is 1.69. The maximum atomic E-state index is 11.6. The molecule has 0 aliphatic rings. The molecule has 2 N–H and O–H groups in total. The number of nitrogens with one attached hydrogen (secondary N) is 2. The van der Waals surface area contributed by atoms with E-state index in [2.05, 4.69) is 21.1 Å². The number of hydrogen-bond acceptors (Lipinski definition) is 10. The lowest BCUT2D eigenvalue weighted by atomic mass is 10.3. The highest BCUT2D eigenvalue weighted by molar-refractivity contribution is 7.17. The summed E-state index contributed by atoms with van der Waals surface area (Å²) in [6, 6.07) is 5.64. The smallest absolute Gasteiger partial charge is 0.273 e. The average molecular weight is 424 g/mol. The predicted molar refractivity (Wildman–Crippen MR) is 103 cm³/mol. The molecule has 0 aliphatic heterocycles. The van der Waals surface area contributed by atoms with Gasteiger partial charge >= 0.3 is 10.0 Å². The van der Waals surface area contributed by atoms with E-state index in [9.17, 15) is 29.8 Å². The number of hydrazone groups is 2. The van der Waals surface area contributed by atoms with E-state index in [0.717, 1.165) is 22.7 Å². The van der Waals surface area contributed by atoms with Gasteiger partial charge in [0.25, 0.3) is 0 Å². The summed E-state index contributed by atoms with van der Waals surface area (Å²) < 4.78 is 0. The summed E-state index contributed by atoms with van der Waals surface area (Å²) in [7, 11) is 0. The molecule has 0 spiro atoms. The summed E-state index contributed by atoms with van der Waals surface area (Å²) in [5.74, 6) is -1.04. The van der Waals surface area contributed by atoms with Crippen LogP contribution in [-0.2, 0) is 9.59 Å². The zero-order valence-electron chi connectivity index (χ0n) is 13.9. The first kappa shape index (κ1) is 20.8. The minimum atomic E-state index is -0.526. The average Bonchev–Trinajstić information content (AvgIpc) is 3.30. The molecule has 28 heavy (non-hydrogen) atoms. The van der Waals surface area contributed by atoms with Crippen LogP contribution in [0.4, 0.5) is 10.0 Å². The van der Waals surface area contributed by atoms with Gasteiger partial charge in [-0.3, -0.25) is 29.8 Å². The zero-order chi connectivity index (χ0) is 20.5. The first-order chi connectivity index (χ1) is 13.3. The summed E-state index contributed by atoms with van der Waals surface area (Å²) in [6.07, 6.45) is 2.24. The molecule has 2 aromatic heterocycles. The lowest BCUT2D eigenvalue weighted by Gasteiger charge is -1.99. The number of carbonyl (C=O) groups excluding carboxylic acids is 2. The number of nitro groups is 2. The Hall–Kier alpha value is -3.52. The number of amides is 2. The van der Waals surface area contributed by atoms with Crippen LogP contribution in [0.15, 0.2) is 34.5 Å². The van der Waals surface area contributed by atoms with Crippen molar-refractivity contribution in [3.8, 4) is 0 Å². The first-order valence-electron chi connectivity index (χ1n) is 7.47. The van der Waals surface area contributed by atoms with Crippen molar-refractivity contribution in [2.75, 3.05) is 0 Å². The van der Waals surface area contributed by atoms with Crippen LogP contribution < -0.4 is 10.9 Å². The van der Waals surface area contributed by atoms with Crippen molar-refractivity contribution in [2.45, 2.75) is 12.8 Å². The number of carbonyl (C=O) groups is 2. The Morgan fingerprint density at radius 1 is 0.857 bits per heavy atom. The minimum Gasteiger partial charge on any atom is -0.273 e. The fraction of sp³-hybridized carbons (Fsp3) is 0.143. The van der Waals surface area contributed by atoms with Gasteiger partial charge in [-0.15, -0.1) is 0 Å². The highest BCUT2D eigenvalue weighted by atomic mass is 32.1. The van der Waals surface area contributed by atoms with Gasteiger partial charge in [0.1, 0.15) is 0 Å². The SMILES string of the molecule is O=C(CCC(=O)N/N=C\c1ccc([N+](=O)[O-])s1)N/N=C\c1ccc([N+](=O)[O-])s1. The van der Waals surface area contributed by atoms with Crippen LogP contribution >= 0.6 is 22.7 Å². The second kappa shape index (κ2) is 9.98. The van der Waals surface area contributed by atoms with E-state index in [1.165, 1.54) is 36.7 Å². The van der Waals surface area contributed by atoms with Gasteiger partial charge in [0.15, 0.2) is 0 Å². The maximum Gasteiger partial charge on any atom is 0.324 e. The van der Waals surface area contributed by atoms with Gasteiger partial charge in [-0.25, -0.2) is 10.9 Å². The third kappa shape index (κ3) is 6.65. The Balaban J connectivity index is 1.69. The van der Waals surface area contributed by atoms with Crippen LogP contribution in [0.25, 0.3) is 0 Å². The molecule has 0 radical (unpaired) electrons. The Morgan fingerprint density at radius 2 is 1.25 bits per heavy atom. The van der Waals surface area contributed by atoms with Crippen LogP contribution in [-0.4, -0.2) is 34.1 Å². The van der Waals surface area contributed by atoms with E-state index < -0.39 is 21.7 Å². The quantitative estimate of drug-likeness (QED) is 0.354. The zero-order valence-corrected chi connectivity index (χ0v) is 15.6. The predicted octanol–water partition coefficient (Wildman–Crippen LogP) is 2.01. The van der Waals surface area contributed by atoms with E-state index in [0.29, 0.717) is 9.75 Å². The summed E-state index contributed by atoms with van der Waals surface area (Å²) in [6.45, 7) is 0. The molecule has 0 aromatic carbocycles. The van der Waals surface area contributed by atoms with Gasteiger partial charge in [-0.05, 0) is 12.1 Å². The molecule has 14 heteroatoms. The molecule has 0 bridgehead atoms. The molecule has 0 fully saturated rings. The summed E-state index contributed by atoms with van der Waals surface area (Å²) in [4.78, 5) is 44.3. The van der Waals surface area contributed by atoms with Crippen molar-refractivity contribution in [1.29, 1.82) is 0 Å². The molecule has 2 rings (SSSR count). The van der Waals surface area contributed by atoms with E-state index in [1.807, 2.05) is 0 Å². The summed E-state index contributed by atoms with van der Waals surface area (Å²) in [5, 5.41) is 28.4. The highest BCUT2D eigenvalue weighted by Crippen LogP contribution is 2.22. The number of nitrogens with zero attached hydrogens (tertiary/aromatic N) is 4. The molecular formula is C14H12N6O6S2. The van der Waals surface area contributed by atoms with Gasteiger partial charge in [0.05, 0.1) is 32.0 Å². The maximum absolute atomic E-state index is 11.6. The van der Waals surface area contributed by atoms with Crippen molar-refractivity contribution in [2.24, 2.45) is 10.2 Å². The largest absolute Gasteiger partial charge is 0.324 e. The molecule has 2 amide bonds. The van der Waals surface area contributed by atoms with Crippen molar-refractivity contribution in [3.05, 3.63) is 54.2 Å². The first-order valence-corrected chi connectivity index (χ1v) is 9.10. The van der Waals surface area contributed by atoms with Crippen LogP contribution in [0.1, 0.15) is 22.6 Å². The van der Waals surface area contributed by atoms with Gasteiger partial charge in [-0.2, -0.15) is 10.2 Å². The molecule has 0 unspecified atom stereocenters. The monoisotopic (exact) mass is 424 g/mol. The van der Waals surface area contributed by atoms with Gasteiger partial charge < -0.3 is 0 Å². The molecule has 0 aliphatic carbocycles. The van der Waals surface area contributed by atoms with E-state index in [4.69, 9.17) is 0 Å². The molecule has 2 aromatic rings. The minimum absolute atomic E-state index is 0.0397. The van der Waals surface area contributed by atoms with Crippen molar-refractivity contribution < 1.29 is 19.4 Å². The van der Waals surface area contributed by atoms with Crippen LogP contribution in [0.5, 0.6) is 0 Å². The fourth-order valence-corrected chi connectivity index (χ4v) is 3.08. The second-order valence-corrected chi connectivity index (χ2v) is 7.14. The molecule has 2 heterocycles. The van der Waals surface area contributed by atoms with E-state index in [-0.39, 0.29) is 22.8 Å². The van der Waals surface area contributed by atoms with Crippen molar-refractivity contribution in [1.82, 2.24) is 10.9 Å². The molecule has 0 saturated heterocycles. The van der Waals surface area contributed by atoms with E-state index in [1.54, 1.807) is 0 Å². The number of hydrogen-bond donors (Lipinski definition) is 2. The van der Waals surface area contributed by atoms with Gasteiger partial charge in [0.2, 0.25) is 11.8 Å². The van der Waals surface area contributed by atoms with E-state index >= 15 is 0 Å². The summed E-state index contributed by atoms with van der Waals surface area (Å²) >= 11 is 1.81. The number of rotatable bonds is 9. The van der Waals surface area contributed by atoms with Crippen molar-refractivity contribution in [3.63, 3.8) is 0 Å². The molecule has 12 nitrogen and oxygen atoms in total. The topological polar surface area (TPSA) is 169 Å². The molecular weight excluding hydrogens is 412 g/mol. The Kier molecular flexibility index (Phi) is 7.41. The Morgan fingerprint density at radius 3 is 1.57 bits per heavy atom. The highest BCUT2D eigenvalue weighted by Gasteiger charge is 2.10. The third-order valence-corrected chi connectivity index (χ3v) is 4.87. The second-order valence-electron chi connectivity index (χ2n) is 4.95. The van der Waals surface area contributed by atoms with Crippen LogP contribution in [0.2, 0.25) is 0 Å². The standard InChI is InChI=1S/C14H12N6O6S2/c21-11(17-15-7-9-1-5-13(27-9)19(23)24)3-4-12(22)18-16-8-10-2-6-14(28-10)20(25)26/h1-2,5-8H,3-4H2,(H,17,21)(H,18,22)/b15-7-,16-8-. The molecule has 146 valence electrons. The third-order valence-electron chi connectivity index (χ3n) is 2.93. The van der Waals surface area contributed by atoms with Gasteiger partial charge in [-0.1, -0.05) is 22.7 Å². The molecule has 0 atom stereocenters. The lowest BCUT2D eigenvalue weighted by Crippen LogP contribution is -2.22. The Bertz CT molecular complexity index is 874. The molecule has 0 saturated carbocycles. The van der Waals surface area contributed by atoms with Gasteiger partial charge in [0, 0.05) is 25.0 Å². The normalized spacial score (nSPS) is 11.0. The Labute approximate surface area is 164 Å². The lowest BCUT2D eigenvalue weighted by molar-refractivity contribution is -0.380. The number of thiophene rings is 2. The van der Waals surface area contributed by atoms with Crippen LogP contribution in [0, 0.1) is 20.2 Å².